The first-order valence-electron chi connectivity index (χ1n) is 8.74. The third-order valence-electron chi connectivity index (χ3n) is 4.46. The minimum atomic E-state index is 0. The Balaban J connectivity index is 0.00000261. The molecule has 1 aromatic heterocycles. The highest BCUT2D eigenvalue weighted by Gasteiger charge is 2.17. The first kappa shape index (κ1) is 21.2. The van der Waals surface area contributed by atoms with E-state index in [9.17, 15) is 0 Å². The van der Waals surface area contributed by atoms with Gasteiger partial charge >= 0.3 is 0 Å². The summed E-state index contributed by atoms with van der Waals surface area (Å²) in [6.07, 6.45) is 1.83. The lowest BCUT2D eigenvalue weighted by molar-refractivity contribution is 0.312. The minimum Gasteiger partial charge on any atom is -0.495 e. The second-order valence-corrected chi connectivity index (χ2v) is 6.30. The van der Waals surface area contributed by atoms with Gasteiger partial charge in [0.15, 0.2) is 5.96 Å². The van der Waals surface area contributed by atoms with Gasteiger partial charge in [-0.1, -0.05) is 18.2 Å². The minimum absolute atomic E-state index is 0. The van der Waals surface area contributed by atoms with Crippen LogP contribution in [0.25, 0.3) is 0 Å². The normalized spacial score (nSPS) is 15.2. The topological polar surface area (TPSA) is 79.0 Å². The zero-order chi connectivity index (χ0) is 18.4. The molecule has 1 fully saturated rings. The summed E-state index contributed by atoms with van der Waals surface area (Å²) in [6.45, 7) is 4.50. The van der Waals surface area contributed by atoms with Crippen LogP contribution < -0.4 is 20.7 Å². The number of para-hydroxylation sites is 2. The van der Waals surface area contributed by atoms with E-state index in [1.807, 2.05) is 36.5 Å². The molecule has 2 heterocycles. The molecule has 0 amide bonds. The number of halogens is 1. The Kier molecular flexibility index (Phi) is 8.11. The number of rotatable bonds is 5. The SMILES string of the molecule is COc1ccccc1NC(N)=NCc1cccnc1N1CCN(C)CC1.I. The molecule has 3 rings (SSSR count). The molecule has 0 bridgehead atoms. The molecular formula is C19H27IN6O. The Hall–Kier alpha value is -2.07. The zero-order valence-electron chi connectivity index (χ0n) is 15.8. The van der Waals surface area contributed by atoms with Gasteiger partial charge in [0.25, 0.3) is 0 Å². The van der Waals surface area contributed by atoms with Crippen molar-refractivity contribution in [2.24, 2.45) is 10.7 Å². The van der Waals surface area contributed by atoms with Crippen LogP contribution in [-0.4, -0.2) is 56.2 Å². The summed E-state index contributed by atoms with van der Waals surface area (Å²) < 4.78 is 5.32. The van der Waals surface area contributed by atoms with E-state index >= 15 is 0 Å². The van der Waals surface area contributed by atoms with Gasteiger partial charge in [0.2, 0.25) is 0 Å². The Morgan fingerprint density at radius 3 is 2.67 bits per heavy atom. The number of nitrogens with one attached hydrogen (secondary N) is 1. The van der Waals surface area contributed by atoms with E-state index in [-0.39, 0.29) is 24.0 Å². The average molecular weight is 482 g/mol. The number of ether oxygens (including phenoxy) is 1. The van der Waals surface area contributed by atoms with Gasteiger partial charge in [0.1, 0.15) is 11.6 Å². The van der Waals surface area contributed by atoms with E-state index < -0.39 is 0 Å². The third-order valence-corrected chi connectivity index (χ3v) is 4.46. The summed E-state index contributed by atoms with van der Waals surface area (Å²) in [5.74, 6) is 2.07. The maximum atomic E-state index is 6.07. The largest absolute Gasteiger partial charge is 0.495 e. The summed E-state index contributed by atoms with van der Waals surface area (Å²) in [4.78, 5) is 13.7. The van der Waals surface area contributed by atoms with Crippen molar-refractivity contribution >= 4 is 41.4 Å². The number of methoxy groups -OCH3 is 1. The Labute approximate surface area is 177 Å². The number of pyridine rings is 1. The molecule has 146 valence electrons. The van der Waals surface area contributed by atoms with Gasteiger partial charge in [0, 0.05) is 37.9 Å². The average Bonchev–Trinajstić information content (AvgIpc) is 2.68. The number of nitrogens with two attached hydrogens (primary N) is 1. The van der Waals surface area contributed by atoms with Crippen LogP contribution in [0.4, 0.5) is 11.5 Å². The molecule has 1 saturated heterocycles. The fraction of sp³-hybridized carbons (Fsp3) is 0.368. The number of likely N-dealkylation sites (N-methyl/N-ethyl adjacent to an activating group) is 1. The number of guanidine groups is 1. The molecule has 7 nitrogen and oxygen atoms in total. The molecule has 0 atom stereocenters. The van der Waals surface area contributed by atoms with Crippen molar-refractivity contribution in [2.45, 2.75) is 6.54 Å². The van der Waals surface area contributed by atoms with Gasteiger partial charge in [-0.2, -0.15) is 0 Å². The van der Waals surface area contributed by atoms with E-state index in [4.69, 9.17) is 10.5 Å². The number of benzene rings is 1. The van der Waals surface area contributed by atoms with Crippen molar-refractivity contribution < 1.29 is 4.74 Å². The van der Waals surface area contributed by atoms with Gasteiger partial charge in [-0.3, -0.25) is 0 Å². The van der Waals surface area contributed by atoms with Crippen LogP contribution in [0.1, 0.15) is 5.56 Å². The lowest BCUT2D eigenvalue weighted by atomic mass is 10.2. The molecule has 8 heteroatoms. The molecule has 2 aromatic rings. The van der Waals surface area contributed by atoms with Crippen molar-refractivity contribution in [2.75, 3.05) is 50.6 Å². The van der Waals surface area contributed by atoms with E-state index in [0.717, 1.165) is 49.0 Å². The summed E-state index contributed by atoms with van der Waals surface area (Å²) >= 11 is 0. The van der Waals surface area contributed by atoms with E-state index in [2.05, 4.69) is 38.2 Å². The second-order valence-electron chi connectivity index (χ2n) is 6.30. The number of aliphatic imine (C=N–C) groups is 1. The van der Waals surface area contributed by atoms with Crippen LogP contribution in [0.15, 0.2) is 47.6 Å². The quantitative estimate of drug-likeness (QED) is 0.387. The van der Waals surface area contributed by atoms with Gasteiger partial charge in [-0.15, -0.1) is 24.0 Å². The number of nitrogens with zero attached hydrogens (tertiary/aromatic N) is 4. The smallest absolute Gasteiger partial charge is 0.193 e. The standard InChI is InChI=1S/C19H26N6O.HI/c1-24-10-12-25(13-11-24)18-15(6-5-9-21-18)14-22-19(20)23-16-7-3-4-8-17(16)26-2;/h3-9H,10-14H2,1-2H3,(H3,20,22,23);1H. The monoisotopic (exact) mass is 482 g/mol. The molecule has 1 aliphatic rings. The molecule has 1 aliphatic heterocycles. The highest BCUT2D eigenvalue weighted by Crippen LogP contribution is 2.23. The summed E-state index contributed by atoms with van der Waals surface area (Å²) in [5.41, 5.74) is 7.93. The Bertz CT molecular complexity index is 761. The van der Waals surface area contributed by atoms with E-state index in [1.165, 1.54) is 0 Å². The third kappa shape index (κ3) is 5.70. The highest BCUT2D eigenvalue weighted by molar-refractivity contribution is 14.0. The molecular weight excluding hydrogens is 455 g/mol. The predicted molar refractivity (Wildman–Crippen MR) is 121 cm³/mol. The fourth-order valence-electron chi connectivity index (χ4n) is 2.95. The first-order chi connectivity index (χ1) is 12.7. The van der Waals surface area contributed by atoms with Crippen LogP contribution in [0.5, 0.6) is 5.75 Å². The maximum Gasteiger partial charge on any atom is 0.193 e. The van der Waals surface area contributed by atoms with Crippen molar-refractivity contribution in [3.8, 4) is 5.75 Å². The summed E-state index contributed by atoms with van der Waals surface area (Å²) in [5, 5.41) is 3.10. The van der Waals surface area contributed by atoms with E-state index in [0.29, 0.717) is 12.5 Å². The zero-order valence-corrected chi connectivity index (χ0v) is 18.1. The number of piperazine rings is 1. The number of hydrogen-bond acceptors (Lipinski definition) is 5. The molecule has 0 saturated carbocycles. The number of hydrogen-bond donors (Lipinski definition) is 2. The molecule has 27 heavy (non-hydrogen) atoms. The van der Waals surface area contributed by atoms with Crippen LogP contribution >= 0.6 is 24.0 Å². The Morgan fingerprint density at radius 1 is 1.19 bits per heavy atom. The predicted octanol–water partition coefficient (Wildman–Crippen LogP) is 2.39. The van der Waals surface area contributed by atoms with Crippen molar-refractivity contribution in [1.29, 1.82) is 0 Å². The maximum absolute atomic E-state index is 6.07. The number of aromatic nitrogens is 1. The molecule has 0 spiro atoms. The van der Waals surface area contributed by atoms with E-state index in [1.54, 1.807) is 7.11 Å². The molecule has 3 N–H and O–H groups in total. The lowest BCUT2D eigenvalue weighted by Gasteiger charge is -2.34. The first-order valence-corrected chi connectivity index (χ1v) is 8.74. The van der Waals surface area contributed by atoms with Gasteiger partial charge < -0.3 is 25.6 Å². The van der Waals surface area contributed by atoms with Crippen LogP contribution in [-0.2, 0) is 6.54 Å². The van der Waals surface area contributed by atoms with Gasteiger partial charge in [-0.05, 0) is 25.2 Å². The van der Waals surface area contributed by atoms with Crippen molar-refractivity contribution in [3.63, 3.8) is 0 Å². The molecule has 1 aromatic carbocycles. The lowest BCUT2D eigenvalue weighted by Crippen LogP contribution is -2.45. The second kappa shape index (κ2) is 10.3. The summed E-state index contributed by atoms with van der Waals surface area (Å²) in [7, 11) is 3.77. The number of anilines is 2. The molecule has 0 aliphatic carbocycles. The fourth-order valence-corrected chi connectivity index (χ4v) is 2.95. The van der Waals surface area contributed by atoms with Crippen molar-refractivity contribution in [3.05, 3.63) is 48.2 Å². The van der Waals surface area contributed by atoms with Crippen molar-refractivity contribution in [1.82, 2.24) is 9.88 Å². The van der Waals surface area contributed by atoms with Crippen LogP contribution in [0, 0.1) is 0 Å². The van der Waals surface area contributed by atoms with Gasteiger partial charge in [0.05, 0.1) is 19.3 Å². The molecule has 0 unspecified atom stereocenters. The summed E-state index contributed by atoms with van der Waals surface area (Å²) in [6, 6.07) is 11.6. The van der Waals surface area contributed by atoms with Crippen LogP contribution in [0.2, 0.25) is 0 Å². The Morgan fingerprint density at radius 2 is 1.93 bits per heavy atom. The highest BCUT2D eigenvalue weighted by atomic mass is 127. The molecule has 0 radical (unpaired) electrons. The van der Waals surface area contributed by atoms with Crippen LogP contribution in [0.3, 0.4) is 0 Å². The van der Waals surface area contributed by atoms with Gasteiger partial charge in [-0.25, -0.2) is 9.98 Å².